The second-order valence-electron chi connectivity index (χ2n) is 10.3. The van der Waals surface area contributed by atoms with Crippen LogP contribution in [-0.2, 0) is 14.3 Å². The van der Waals surface area contributed by atoms with Crippen LogP contribution in [0.2, 0.25) is 0 Å². The maximum absolute atomic E-state index is 13.0. The van der Waals surface area contributed by atoms with Crippen LogP contribution in [0.5, 0.6) is 0 Å². The van der Waals surface area contributed by atoms with Crippen molar-refractivity contribution < 1.29 is 14.3 Å². The Balaban J connectivity index is 1.40. The predicted octanol–water partition coefficient (Wildman–Crippen LogP) is 4.51. The lowest BCUT2D eigenvalue weighted by Gasteiger charge is -2.35. The number of nitrogens with one attached hydrogen (secondary N) is 1. The highest BCUT2D eigenvalue weighted by atomic mass is 32.1. The first-order chi connectivity index (χ1) is 16.1. The minimum Gasteiger partial charge on any atom is -0.377 e. The molecule has 2 fully saturated rings. The van der Waals surface area contributed by atoms with Crippen LogP contribution in [-0.4, -0.2) is 58.1 Å². The molecule has 1 aromatic carbocycles. The number of hydrogen-bond acceptors (Lipinski definition) is 8. The Bertz CT molecular complexity index is 1220. The summed E-state index contributed by atoms with van der Waals surface area (Å²) >= 11 is 1.47. The molecule has 4 heterocycles. The molecular formula is C25H31N5O3S. The number of aromatic nitrogens is 3. The van der Waals surface area contributed by atoms with Crippen LogP contribution in [0, 0.1) is 5.92 Å². The molecule has 3 aromatic rings. The van der Waals surface area contributed by atoms with Gasteiger partial charge in [-0.25, -0.2) is 4.98 Å². The maximum Gasteiger partial charge on any atom is 0.232 e. The van der Waals surface area contributed by atoms with Crippen molar-refractivity contribution in [2.45, 2.75) is 58.3 Å². The van der Waals surface area contributed by atoms with Gasteiger partial charge in [0.1, 0.15) is 0 Å². The summed E-state index contributed by atoms with van der Waals surface area (Å²) in [6.07, 6.45) is 4.32. The van der Waals surface area contributed by atoms with E-state index in [2.05, 4.69) is 38.4 Å². The molecule has 2 aromatic heterocycles. The number of anilines is 2. The number of hydrogen-bond donors (Lipinski definition) is 1. The van der Waals surface area contributed by atoms with Gasteiger partial charge in [0.05, 0.1) is 52.6 Å². The Labute approximate surface area is 203 Å². The molecule has 2 saturated heterocycles. The summed E-state index contributed by atoms with van der Waals surface area (Å²) in [7, 11) is 0. The fourth-order valence-electron chi connectivity index (χ4n) is 5.14. The van der Waals surface area contributed by atoms with Crippen molar-refractivity contribution in [1.29, 1.82) is 0 Å². The third kappa shape index (κ3) is 4.39. The lowest BCUT2D eigenvalue weighted by atomic mass is 9.87. The molecule has 9 heteroatoms. The zero-order valence-corrected chi connectivity index (χ0v) is 21.1. The first-order valence-corrected chi connectivity index (χ1v) is 12.5. The molecule has 0 radical (unpaired) electrons. The van der Waals surface area contributed by atoms with Crippen LogP contribution < -0.4 is 10.2 Å². The monoisotopic (exact) mass is 481 g/mol. The average Bonchev–Trinajstić information content (AvgIpc) is 3.33. The number of benzene rings is 1. The van der Waals surface area contributed by atoms with Crippen LogP contribution in [0.3, 0.4) is 0 Å². The summed E-state index contributed by atoms with van der Waals surface area (Å²) in [4.78, 5) is 20.8. The summed E-state index contributed by atoms with van der Waals surface area (Å²) in [6.45, 7) is 12.4. The Morgan fingerprint density at radius 3 is 2.79 bits per heavy atom. The Hall–Kier alpha value is -2.62. The van der Waals surface area contributed by atoms with E-state index in [1.54, 1.807) is 0 Å². The first kappa shape index (κ1) is 23.1. The standard InChI is InChI=1S/C25H31N5O3S/c1-15-14-32-9-8-30(15)20-12-27-29-19-7-6-16(10-17(19)20)21-13-26-23(34-21)28-22(31)18-11-24(2,3)33-25(18,4)5/h6-7,10,12-13,15,18H,8-9,11,14H2,1-5H3,(H,26,28,31)/t15-,18?/m0/s1. The molecule has 0 bridgehead atoms. The van der Waals surface area contributed by atoms with Gasteiger partial charge in [0.25, 0.3) is 0 Å². The Morgan fingerprint density at radius 2 is 2.06 bits per heavy atom. The van der Waals surface area contributed by atoms with Crippen LogP contribution in [0.4, 0.5) is 10.8 Å². The van der Waals surface area contributed by atoms with Gasteiger partial charge >= 0.3 is 0 Å². The lowest BCUT2D eigenvalue weighted by molar-refractivity contribution is -0.126. The maximum atomic E-state index is 13.0. The number of ether oxygens (including phenoxy) is 2. The van der Waals surface area contributed by atoms with Crippen molar-refractivity contribution in [1.82, 2.24) is 15.2 Å². The van der Waals surface area contributed by atoms with E-state index in [4.69, 9.17) is 9.47 Å². The van der Waals surface area contributed by atoms with E-state index < -0.39 is 5.60 Å². The zero-order chi connectivity index (χ0) is 24.1. The largest absolute Gasteiger partial charge is 0.377 e. The number of morpholine rings is 1. The average molecular weight is 482 g/mol. The molecule has 180 valence electrons. The topological polar surface area (TPSA) is 89.5 Å². The van der Waals surface area contributed by atoms with Crippen molar-refractivity contribution in [3.05, 3.63) is 30.6 Å². The van der Waals surface area contributed by atoms with E-state index in [9.17, 15) is 4.79 Å². The third-order valence-corrected chi connectivity index (χ3v) is 7.67. The molecule has 2 aliphatic rings. The smallest absolute Gasteiger partial charge is 0.232 e. The number of carbonyl (C=O) groups is 1. The van der Waals surface area contributed by atoms with E-state index in [-0.39, 0.29) is 23.5 Å². The Kier molecular flexibility index (Phi) is 5.82. The minimum absolute atomic E-state index is 0.0474. The number of fused-ring (bicyclic) bond motifs is 1. The molecular weight excluding hydrogens is 450 g/mol. The lowest BCUT2D eigenvalue weighted by Crippen LogP contribution is -2.43. The SMILES string of the molecule is C[C@H]1COCCN1c1cnnc2ccc(-c3cnc(NC(=O)C4CC(C)(C)OC4(C)C)s3)cc12. The summed E-state index contributed by atoms with van der Waals surface area (Å²) in [5.74, 6) is -0.277. The molecule has 8 nitrogen and oxygen atoms in total. The van der Waals surface area contributed by atoms with Crippen LogP contribution in [0.1, 0.15) is 41.0 Å². The van der Waals surface area contributed by atoms with Crippen molar-refractivity contribution in [3.8, 4) is 10.4 Å². The summed E-state index contributed by atoms with van der Waals surface area (Å²) < 4.78 is 11.7. The van der Waals surface area contributed by atoms with Gasteiger partial charge in [0.15, 0.2) is 5.13 Å². The van der Waals surface area contributed by atoms with Crippen molar-refractivity contribution in [3.63, 3.8) is 0 Å². The molecule has 0 saturated carbocycles. The van der Waals surface area contributed by atoms with Gasteiger partial charge in [-0.2, -0.15) is 10.2 Å². The van der Waals surface area contributed by atoms with E-state index in [0.29, 0.717) is 24.8 Å². The number of carbonyl (C=O) groups excluding carboxylic acids is 1. The molecule has 1 unspecified atom stereocenters. The molecule has 0 spiro atoms. The Morgan fingerprint density at radius 1 is 1.24 bits per heavy atom. The van der Waals surface area contributed by atoms with Crippen LogP contribution in [0.15, 0.2) is 30.6 Å². The van der Waals surface area contributed by atoms with Crippen molar-refractivity contribution >= 4 is 39.0 Å². The number of nitrogens with zero attached hydrogens (tertiary/aromatic N) is 4. The molecule has 1 N–H and O–H groups in total. The normalized spacial score (nSPS) is 23.9. The van der Waals surface area contributed by atoms with Gasteiger partial charge in [-0.15, -0.1) is 0 Å². The number of thiazole rings is 1. The van der Waals surface area contributed by atoms with Gasteiger partial charge in [0.2, 0.25) is 5.91 Å². The molecule has 34 heavy (non-hydrogen) atoms. The molecule has 0 aliphatic carbocycles. The summed E-state index contributed by atoms with van der Waals surface area (Å²) in [5, 5.41) is 13.2. The third-order valence-electron chi connectivity index (χ3n) is 6.71. The summed E-state index contributed by atoms with van der Waals surface area (Å²) in [6, 6.07) is 6.42. The van der Waals surface area contributed by atoms with Gasteiger partial charge in [-0.1, -0.05) is 17.4 Å². The number of amides is 1. The molecule has 1 amide bonds. The highest BCUT2D eigenvalue weighted by Crippen LogP contribution is 2.43. The van der Waals surface area contributed by atoms with Gasteiger partial charge in [0, 0.05) is 24.2 Å². The van der Waals surface area contributed by atoms with Crippen LogP contribution in [0.25, 0.3) is 21.3 Å². The fourth-order valence-corrected chi connectivity index (χ4v) is 5.95. The quantitative estimate of drug-likeness (QED) is 0.586. The van der Waals surface area contributed by atoms with E-state index in [0.717, 1.165) is 33.6 Å². The second kappa shape index (κ2) is 8.55. The molecule has 5 rings (SSSR count). The highest BCUT2D eigenvalue weighted by molar-refractivity contribution is 7.19. The molecule has 2 aliphatic heterocycles. The van der Waals surface area contributed by atoms with Crippen LogP contribution >= 0.6 is 11.3 Å². The van der Waals surface area contributed by atoms with Crippen molar-refractivity contribution in [2.75, 3.05) is 30.0 Å². The van der Waals surface area contributed by atoms with Gasteiger partial charge in [-0.3, -0.25) is 4.79 Å². The predicted molar refractivity (Wildman–Crippen MR) is 134 cm³/mol. The number of rotatable bonds is 4. The molecule has 2 atom stereocenters. The second-order valence-corrected chi connectivity index (χ2v) is 11.4. The van der Waals surface area contributed by atoms with E-state index in [1.165, 1.54) is 11.3 Å². The van der Waals surface area contributed by atoms with E-state index in [1.807, 2.05) is 52.2 Å². The zero-order valence-electron chi connectivity index (χ0n) is 20.3. The van der Waals surface area contributed by atoms with E-state index >= 15 is 0 Å². The van der Waals surface area contributed by atoms with Gasteiger partial charge < -0.3 is 19.7 Å². The van der Waals surface area contributed by atoms with Crippen molar-refractivity contribution in [2.24, 2.45) is 5.92 Å². The summed E-state index contributed by atoms with van der Waals surface area (Å²) in [5.41, 5.74) is 2.12. The minimum atomic E-state index is -0.514. The fraction of sp³-hybridized carbons (Fsp3) is 0.520. The first-order valence-electron chi connectivity index (χ1n) is 11.7. The van der Waals surface area contributed by atoms with Gasteiger partial charge in [-0.05, 0) is 58.7 Å². The highest BCUT2D eigenvalue weighted by Gasteiger charge is 2.49.